The minimum Gasteiger partial charge on any atom is -0.481 e. The van der Waals surface area contributed by atoms with E-state index in [4.69, 9.17) is 5.11 Å². The van der Waals surface area contributed by atoms with Crippen LogP contribution in [0.2, 0.25) is 0 Å². The summed E-state index contributed by atoms with van der Waals surface area (Å²) in [5.74, 6) is -0.876. The maximum Gasteiger partial charge on any atom is 0.317 e. The Kier molecular flexibility index (Phi) is 4.59. The van der Waals surface area contributed by atoms with E-state index in [1.165, 1.54) is 0 Å². The van der Waals surface area contributed by atoms with E-state index in [1.807, 2.05) is 20.8 Å². The molecule has 0 spiro atoms. The molecule has 0 bridgehead atoms. The van der Waals surface area contributed by atoms with E-state index in [2.05, 4.69) is 5.32 Å². The van der Waals surface area contributed by atoms with Gasteiger partial charge in [-0.3, -0.25) is 4.79 Å². The van der Waals surface area contributed by atoms with E-state index in [1.54, 1.807) is 11.9 Å². The number of nitrogens with zero attached hydrogens (tertiary/aromatic N) is 1. The monoisotopic (exact) mass is 256 g/mol. The summed E-state index contributed by atoms with van der Waals surface area (Å²) < 4.78 is 0. The molecule has 18 heavy (non-hydrogen) atoms. The van der Waals surface area contributed by atoms with Crippen LogP contribution >= 0.6 is 0 Å². The van der Waals surface area contributed by atoms with Crippen molar-refractivity contribution in [3.05, 3.63) is 0 Å². The number of rotatable bonds is 5. The van der Waals surface area contributed by atoms with Gasteiger partial charge in [0.15, 0.2) is 0 Å². The molecule has 0 aromatic heterocycles. The van der Waals surface area contributed by atoms with E-state index in [-0.39, 0.29) is 23.9 Å². The zero-order valence-electron chi connectivity index (χ0n) is 11.7. The normalized spacial score (nSPS) is 17.1. The van der Waals surface area contributed by atoms with Crippen LogP contribution in [0.1, 0.15) is 46.5 Å². The lowest BCUT2D eigenvalue weighted by molar-refractivity contribution is -0.137. The van der Waals surface area contributed by atoms with Gasteiger partial charge in [0.25, 0.3) is 0 Å². The fraction of sp³-hybridized carbons (Fsp3) is 0.846. The highest BCUT2D eigenvalue weighted by Crippen LogP contribution is 2.26. The first-order chi connectivity index (χ1) is 8.19. The van der Waals surface area contributed by atoms with Gasteiger partial charge in [-0.05, 0) is 24.7 Å². The van der Waals surface area contributed by atoms with Crippen LogP contribution in [-0.2, 0) is 4.79 Å². The number of carboxylic acid groups (broad SMARTS) is 1. The molecule has 1 saturated carbocycles. The summed E-state index contributed by atoms with van der Waals surface area (Å²) >= 11 is 0. The summed E-state index contributed by atoms with van der Waals surface area (Å²) in [6.45, 7) is 6.12. The lowest BCUT2D eigenvalue weighted by Gasteiger charge is -2.28. The van der Waals surface area contributed by atoms with Gasteiger partial charge < -0.3 is 15.3 Å². The second kappa shape index (κ2) is 5.59. The van der Waals surface area contributed by atoms with Gasteiger partial charge in [0.2, 0.25) is 0 Å². The highest BCUT2D eigenvalue weighted by Gasteiger charge is 2.31. The zero-order chi connectivity index (χ0) is 13.9. The van der Waals surface area contributed by atoms with Gasteiger partial charge in [-0.1, -0.05) is 20.8 Å². The SMILES string of the molecule is CN(C(=O)NC(CC(=O)O)CC(C)(C)C)C1CC1. The van der Waals surface area contributed by atoms with Crippen LogP contribution in [0.15, 0.2) is 0 Å². The van der Waals surface area contributed by atoms with Crippen LogP contribution in [-0.4, -0.2) is 41.1 Å². The molecule has 0 aliphatic heterocycles. The molecule has 1 unspecified atom stereocenters. The Morgan fingerprint density at radius 3 is 2.33 bits per heavy atom. The molecule has 0 saturated heterocycles. The summed E-state index contributed by atoms with van der Waals surface area (Å²) in [6.07, 6.45) is 2.73. The quantitative estimate of drug-likeness (QED) is 0.791. The first-order valence-electron chi connectivity index (χ1n) is 6.44. The second-order valence-corrected chi connectivity index (χ2v) is 6.35. The van der Waals surface area contributed by atoms with Crippen LogP contribution in [0.4, 0.5) is 4.79 Å². The molecule has 0 radical (unpaired) electrons. The fourth-order valence-electron chi connectivity index (χ4n) is 2.03. The zero-order valence-corrected chi connectivity index (χ0v) is 11.7. The topological polar surface area (TPSA) is 69.6 Å². The molecule has 1 aliphatic rings. The molecule has 2 N–H and O–H groups in total. The summed E-state index contributed by atoms with van der Waals surface area (Å²) in [7, 11) is 1.77. The van der Waals surface area contributed by atoms with E-state index in [0.717, 1.165) is 12.8 Å². The average Bonchev–Trinajstić information content (AvgIpc) is 2.95. The van der Waals surface area contributed by atoms with Gasteiger partial charge in [0.05, 0.1) is 6.42 Å². The fourth-order valence-corrected chi connectivity index (χ4v) is 2.03. The summed E-state index contributed by atoms with van der Waals surface area (Å²) in [4.78, 5) is 24.4. The van der Waals surface area contributed by atoms with Crippen molar-refractivity contribution in [1.82, 2.24) is 10.2 Å². The molecule has 5 heteroatoms. The molecule has 2 amide bonds. The number of carbonyl (C=O) groups is 2. The minimum atomic E-state index is -0.876. The van der Waals surface area contributed by atoms with Crippen LogP contribution in [0.25, 0.3) is 0 Å². The van der Waals surface area contributed by atoms with E-state index >= 15 is 0 Å². The third-order valence-electron chi connectivity index (χ3n) is 3.02. The summed E-state index contributed by atoms with van der Waals surface area (Å²) in [5.41, 5.74) is -0.00838. The largest absolute Gasteiger partial charge is 0.481 e. The molecular formula is C13H24N2O3. The second-order valence-electron chi connectivity index (χ2n) is 6.35. The lowest BCUT2D eigenvalue weighted by atomic mass is 9.87. The Morgan fingerprint density at radius 1 is 1.39 bits per heavy atom. The molecule has 1 aliphatic carbocycles. The van der Waals surface area contributed by atoms with E-state index in [0.29, 0.717) is 12.5 Å². The molecule has 5 nitrogen and oxygen atoms in total. The molecular weight excluding hydrogens is 232 g/mol. The van der Waals surface area contributed by atoms with Gasteiger partial charge >= 0.3 is 12.0 Å². The van der Waals surface area contributed by atoms with Crippen LogP contribution < -0.4 is 5.32 Å². The van der Waals surface area contributed by atoms with Crippen molar-refractivity contribution in [3.63, 3.8) is 0 Å². The Hall–Kier alpha value is -1.26. The minimum absolute atomic E-state index is 0.00838. The molecule has 0 aromatic carbocycles. The number of urea groups is 1. The number of hydrogen-bond acceptors (Lipinski definition) is 2. The van der Waals surface area contributed by atoms with E-state index < -0.39 is 5.97 Å². The first-order valence-corrected chi connectivity index (χ1v) is 6.44. The van der Waals surface area contributed by atoms with Crippen molar-refractivity contribution < 1.29 is 14.7 Å². The Bertz CT molecular complexity index is 319. The van der Waals surface area contributed by atoms with Crippen molar-refractivity contribution in [2.75, 3.05) is 7.05 Å². The number of nitrogens with one attached hydrogen (secondary N) is 1. The number of carbonyl (C=O) groups excluding carboxylic acids is 1. The number of hydrogen-bond donors (Lipinski definition) is 2. The van der Waals surface area contributed by atoms with Crippen molar-refractivity contribution in [2.24, 2.45) is 5.41 Å². The maximum absolute atomic E-state index is 11.9. The van der Waals surface area contributed by atoms with Crippen molar-refractivity contribution in [2.45, 2.75) is 58.5 Å². The van der Waals surface area contributed by atoms with Crippen LogP contribution in [0.5, 0.6) is 0 Å². The standard InChI is InChI=1S/C13H24N2O3/c1-13(2,3)8-9(7-11(16)17)14-12(18)15(4)10-5-6-10/h9-10H,5-8H2,1-4H3,(H,14,18)(H,16,17). The van der Waals surface area contributed by atoms with E-state index in [9.17, 15) is 9.59 Å². The van der Waals surface area contributed by atoms with Crippen LogP contribution in [0, 0.1) is 5.41 Å². The van der Waals surface area contributed by atoms with Crippen molar-refractivity contribution in [3.8, 4) is 0 Å². The summed E-state index contributed by atoms with van der Waals surface area (Å²) in [5, 5.41) is 11.7. The third-order valence-corrected chi connectivity index (χ3v) is 3.02. The third kappa shape index (κ3) is 5.38. The van der Waals surface area contributed by atoms with Gasteiger partial charge in [0, 0.05) is 19.1 Å². The maximum atomic E-state index is 11.9. The van der Waals surface area contributed by atoms with Gasteiger partial charge in [-0.2, -0.15) is 0 Å². The summed E-state index contributed by atoms with van der Waals surface area (Å²) in [6, 6.07) is -0.130. The van der Waals surface area contributed by atoms with Gasteiger partial charge in [-0.25, -0.2) is 4.79 Å². The smallest absolute Gasteiger partial charge is 0.317 e. The molecule has 104 valence electrons. The van der Waals surface area contributed by atoms with Gasteiger partial charge in [0.1, 0.15) is 0 Å². The Labute approximate surface area is 109 Å². The highest BCUT2D eigenvalue weighted by atomic mass is 16.4. The van der Waals surface area contributed by atoms with Crippen molar-refractivity contribution >= 4 is 12.0 Å². The molecule has 0 aromatic rings. The number of amides is 2. The van der Waals surface area contributed by atoms with Crippen molar-refractivity contribution in [1.29, 1.82) is 0 Å². The Balaban J connectivity index is 2.53. The predicted molar refractivity (Wildman–Crippen MR) is 69.4 cm³/mol. The Morgan fingerprint density at radius 2 is 1.94 bits per heavy atom. The van der Waals surface area contributed by atoms with Crippen LogP contribution in [0.3, 0.4) is 0 Å². The average molecular weight is 256 g/mol. The number of aliphatic carboxylic acids is 1. The van der Waals surface area contributed by atoms with Gasteiger partial charge in [-0.15, -0.1) is 0 Å². The molecule has 1 rings (SSSR count). The highest BCUT2D eigenvalue weighted by molar-refractivity contribution is 5.76. The lowest BCUT2D eigenvalue weighted by Crippen LogP contribution is -2.46. The number of carboxylic acids is 1. The predicted octanol–water partition coefficient (Wildman–Crippen LogP) is 2.07. The molecule has 1 atom stereocenters. The first kappa shape index (κ1) is 14.8. The molecule has 0 heterocycles. The molecule has 1 fully saturated rings.